The third-order valence-corrected chi connectivity index (χ3v) is 4.55. The van der Waals surface area contributed by atoms with Crippen LogP contribution in [0.25, 0.3) is 22.0 Å². The molecule has 4 rings (SSSR count). The first-order chi connectivity index (χ1) is 13.5. The zero-order valence-corrected chi connectivity index (χ0v) is 15.5. The van der Waals surface area contributed by atoms with E-state index in [-0.39, 0.29) is 17.9 Å². The van der Waals surface area contributed by atoms with Crippen molar-refractivity contribution >= 4 is 33.6 Å². The molecule has 0 spiro atoms. The first-order valence-electron chi connectivity index (χ1n) is 8.89. The minimum Gasteiger partial charge on any atom is -0.497 e. The molecule has 2 heterocycles. The number of oxazole rings is 1. The van der Waals surface area contributed by atoms with E-state index in [0.29, 0.717) is 40.4 Å². The van der Waals surface area contributed by atoms with Crippen LogP contribution in [0.2, 0.25) is 0 Å². The number of rotatable bonds is 5. The van der Waals surface area contributed by atoms with Gasteiger partial charge in [0.25, 0.3) is 5.56 Å². The number of fused-ring (bicyclic) bond motifs is 2. The number of ether oxygens (including phenoxy) is 1. The fourth-order valence-electron chi connectivity index (χ4n) is 3.16. The maximum Gasteiger partial charge on any atom is 0.251 e. The van der Waals surface area contributed by atoms with Crippen molar-refractivity contribution in [1.29, 1.82) is 0 Å². The summed E-state index contributed by atoms with van der Waals surface area (Å²) in [6.45, 7) is 1.76. The van der Waals surface area contributed by atoms with Gasteiger partial charge in [0.05, 0.1) is 12.8 Å². The average Bonchev–Trinajstić information content (AvgIpc) is 3.07. The van der Waals surface area contributed by atoms with Crippen molar-refractivity contribution in [2.24, 2.45) is 0 Å². The summed E-state index contributed by atoms with van der Waals surface area (Å²) in [7, 11) is 1.59. The van der Waals surface area contributed by atoms with Crippen molar-refractivity contribution in [2.45, 2.75) is 19.8 Å². The summed E-state index contributed by atoms with van der Waals surface area (Å²) in [6, 6.07) is 12.6. The second kappa shape index (κ2) is 7.19. The van der Waals surface area contributed by atoms with E-state index in [1.807, 2.05) is 12.1 Å². The van der Waals surface area contributed by atoms with Gasteiger partial charge in [0.2, 0.25) is 5.91 Å². The number of nitrogens with one attached hydrogen (secondary N) is 2. The highest BCUT2D eigenvalue weighted by Gasteiger charge is 2.12. The molecule has 2 aromatic heterocycles. The average molecular weight is 377 g/mol. The molecule has 0 radical (unpaired) electrons. The lowest BCUT2D eigenvalue weighted by Gasteiger charge is -2.07. The summed E-state index contributed by atoms with van der Waals surface area (Å²) in [5, 5.41) is 3.70. The number of hydrogen-bond donors (Lipinski definition) is 2. The molecule has 0 saturated carbocycles. The number of benzene rings is 2. The molecule has 142 valence electrons. The molecule has 0 aliphatic carbocycles. The van der Waals surface area contributed by atoms with Crippen LogP contribution in [0, 0.1) is 6.92 Å². The van der Waals surface area contributed by atoms with Crippen LogP contribution < -0.4 is 15.6 Å². The van der Waals surface area contributed by atoms with E-state index in [2.05, 4.69) is 15.3 Å². The van der Waals surface area contributed by atoms with Crippen LogP contribution >= 0.6 is 0 Å². The Hall–Kier alpha value is -3.61. The molecule has 0 fully saturated rings. The number of aryl methyl sites for hydroxylation is 2. The maximum absolute atomic E-state index is 12.4. The first kappa shape index (κ1) is 17.8. The van der Waals surface area contributed by atoms with Crippen LogP contribution in [0.4, 0.5) is 5.69 Å². The number of carbonyl (C=O) groups excluding carboxylic acids is 1. The number of nitrogens with zero attached hydrogens (tertiary/aromatic N) is 1. The molecule has 1 amide bonds. The van der Waals surface area contributed by atoms with Gasteiger partial charge in [-0.1, -0.05) is 6.07 Å². The van der Waals surface area contributed by atoms with Gasteiger partial charge in [-0.05, 0) is 42.8 Å². The number of amides is 1. The SMILES string of the molecule is COc1ccc2[nH]c(=O)c(CCC(=O)Nc3cccc4nc(C)oc34)cc2c1. The number of aromatic nitrogens is 2. The fourth-order valence-corrected chi connectivity index (χ4v) is 3.16. The molecule has 2 N–H and O–H groups in total. The highest BCUT2D eigenvalue weighted by molar-refractivity contribution is 5.98. The minimum absolute atomic E-state index is 0.169. The molecule has 0 bridgehead atoms. The van der Waals surface area contributed by atoms with Crippen LogP contribution in [0.15, 0.2) is 51.7 Å². The predicted molar refractivity (Wildman–Crippen MR) is 107 cm³/mol. The van der Waals surface area contributed by atoms with Gasteiger partial charge in [0, 0.05) is 29.8 Å². The topological polar surface area (TPSA) is 97.2 Å². The lowest BCUT2D eigenvalue weighted by atomic mass is 10.1. The van der Waals surface area contributed by atoms with Gasteiger partial charge in [-0.25, -0.2) is 4.98 Å². The summed E-state index contributed by atoms with van der Waals surface area (Å²) < 4.78 is 10.8. The summed E-state index contributed by atoms with van der Waals surface area (Å²) in [5.74, 6) is 1.04. The number of H-pyrrole nitrogens is 1. The number of anilines is 1. The van der Waals surface area contributed by atoms with Gasteiger partial charge in [-0.2, -0.15) is 0 Å². The highest BCUT2D eigenvalue weighted by atomic mass is 16.5. The van der Waals surface area contributed by atoms with E-state index in [4.69, 9.17) is 9.15 Å². The molecule has 0 aliphatic heterocycles. The number of hydrogen-bond acceptors (Lipinski definition) is 5. The second-order valence-electron chi connectivity index (χ2n) is 6.51. The second-order valence-corrected chi connectivity index (χ2v) is 6.51. The maximum atomic E-state index is 12.4. The molecule has 4 aromatic rings. The predicted octanol–water partition coefficient (Wildman–Crippen LogP) is 3.56. The Kier molecular flexibility index (Phi) is 4.57. The standard InChI is InChI=1S/C21H19N3O4/c1-12-22-17-4-3-5-18(20(17)28-12)23-19(25)9-6-13-10-14-11-15(27-2)7-8-16(14)24-21(13)26/h3-5,7-8,10-11H,6,9H2,1-2H3,(H,23,25)(H,24,26). The Balaban J connectivity index is 1.51. The van der Waals surface area contributed by atoms with Crippen molar-refractivity contribution in [2.75, 3.05) is 12.4 Å². The van der Waals surface area contributed by atoms with E-state index < -0.39 is 0 Å². The lowest BCUT2D eigenvalue weighted by Crippen LogP contribution is -2.17. The van der Waals surface area contributed by atoms with Gasteiger partial charge < -0.3 is 19.5 Å². The highest BCUT2D eigenvalue weighted by Crippen LogP contribution is 2.24. The number of aromatic amines is 1. The van der Waals surface area contributed by atoms with E-state index in [1.54, 1.807) is 44.4 Å². The Bertz CT molecular complexity index is 1240. The smallest absolute Gasteiger partial charge is 0.251 e. The largest absolute Gasteiger partial charge is 0.497 e. The van der Waals surface area contributed by atoms with Gasteiger partial charge in [-0.15, -0.1) is 0 Å². The minimum atomic E-state index is -0.202. The van der Waals surface area contributed by atoms with Crippen molar-refractivity contribution < 1.29 is 13.9 Å². The molecule has 7 heteroatoms. The van der Waals surface area contributed by atoms with Crippen LogP contribution in [-0.2, 0) is 11.2 Å². The summed E-state index contributed by atoms with van der Waals surface area (Å²) >= 11 is 0. The Morgan fingerprint density at radius 1 is 1.25 bits per heavy atom. The first-order valence-corrected chi connectivity index (χ1v) is 8.89. The van der Waals surface area contributed by atoms with E-state index >= 15 is 0 Å². The molecule has 28 heavy (non-hydrogen) atoms. The fraction of sp³-hybridized carbons (Fsp3) is 0.190. The van der Waals surface area contributed by atoms with Crippen LogP contribution in [-0.4, -0.2) is 23.0 Å². The Morgan fingerprint density at radius 3 is 2.93 bits per heavy atom. The van der Waals surface area contributed by atoms with Crippen molar-refractivity contribution in [3.05, 3.63) is 64.3 Å². The third-order valence-electron chi connectivity index (χ3n) is 4.55. The third kappa shape index (κ3) is 3.46. The van der Waals surface area contributed by atoms with Gasteiger partial charge >= 0.3 is 0 Å². The van der Waals surface area contributed by atoms with E-state index in [1.165, 1.54) is 0 Å². The van der Waals surface area contributed by atoms with Crippen molar-refractivity contribution in [3.8, 4) is 5.75 Å². The quantitative estimate of drug-likeness (QED) is 0.554. The normalized spacial score (nSPS) is 11.1. The van der Waals surface area contributed by atoms with E-state index in [9.17, 15) is 9.59 Å². The zero-order chi connectivity index (χ0) is 19.7. The molecular formula is C21H19N3O4. The van der Waals surface area contributed by atoms with Crippen LogP contribution in [0.5, 0.6) is 5.75 Å². The van der Waals surface area contributed by atoms with Crippen molar-refractivity contribution in [3.63, 3.8) is 0 Å². The van der Waals surface area contributed by atoms with Crippen LogP contribution in [0.3, 0.4) is 0 Å². The zero-order valence-electron chi connectivity index (χ0n) is 15.5. The molecule has 0 unspecified atom stereocenters. The van der Waals surface area contributed by atoms with Crippen molar-refractivity contribution in [1.82, 2.24) is 9.97 Å². The summed E-state index contributed by atoms with van der Waals surface area (Å²) in [6.07, 6.45) is 0.488. The van der Waals surface area contributed by atoms with Gasteiger partial charge in [-0.3, -0.25) is 9.59 Å². The van der Waals surface area contributed by atoms with Gasteiger partial charge in [0.15, 0.2) is 11.5 Å². The number of carbonyl (C=O) groups is 1. The summed E-state index contributed by atoms with van der Waals surface area (Å²) in [4.78, 5) is 31.8. The number of methoxy groups -OCH3 is 1. The molecule has 2 aromatic carbocycles. The Morgan fingerprint density at radius 2 is 2.11 bits per heavy atom. The molecule has 0 atom stereocenters. The monoisotopic (exact) mass is 377 g/mol. The lowest BCUT2D eigenvalue weighted by molar-refractivity contribution is -0.116. The van der Waals surface area contributed by atoms with Crippen LogP contribution in [0.1, 0.15) is 17.9 Å². The number of para-hydroxylation sites is 1. The molecular weight excluding hydrogens is 358 g/mol. The molecule has 0 aliphatic rings. The summed E-state index contributed by atoms with van der Waals surface area (Å²) in [5.41, 5.74) is 2.88. The molecule has 0 saturated heterocycles. The Labute approximate surface area is 160 Å². The van der Waals surface area contributed by atoms with E-state index in [0.717, 1.165) is 10.9 Å². The van der Waals surface area contributed by atoms with Gasteiger partial charge in [0.1, 0.15) is 11.3 Å². The number of pyridine rings is 1. The molecule has 7 nitrogen and oxygen atoms in total.